The zero-order chi connectivity index (χ0) is 15.1. The van der Waals surface area contributed by atoms with Crippen LogP contribution in [0.25, 0.3) is 11.0 Å². The molecule has 0 aliphatic rings. The first-order chi connectivity index (χ1) is 9.97. The van der Waals surface area contributed by atoms with Crippen LogP contribution in [0.15, 0.2) is 12.3 Å². The van der Waals surface area contributed by atoms with Crippen molar-refractivity contribution in [3.8, 4) is 0 Å². The van der Waals surface area contributed by atoms with E-state index in [9.17, 15) is 0 Å². The molecule has 6 heteroatoms. The van der Waals surface area contributed by atoms with Crippen molar-refractivity contribution < 1.29 is 0 Å². The van der Waals surface area contributed by atoms with Crippen LogP contribution in [0.5, 0.6) is 0 Å². The van der Waals surface area contributed by atoms with Crippen molar-refractivity contribution in [1.82, 2.24) is 24.3 Å². The van der Waals surface area contributed by atoms with Crippen molar-refractivity contribution in [2.75, 3.05) is 5.73 Å². The van der Waals surface area contributed by atoms with Crippen LogP contribution >= 0.6 is 0 Å². The van der Waals surface area contributed by atoms with Crippen LogP contribution in [-0.2, 0) is 20.0 Å². The second-order valence-electron chi connectivity index (χ2n) is 5.45. The summed E-state index contributed by atoms with van der Waals surface area (Å²) >= 11 is 0. The summed E-state index contributed by atoms with van der Waals surface area (Å²) in [5.41, 5.74) is 10.4. The van der Waals surface area contributed by atoms with Crippen molar-refractivity contribution in [3.05, 3.63) is 35.0 Å². The second-order valence-corrected chi connectivity index (χ2v) is 5.45. The second kappa shape index (κ2) is 4.87. The first-order valence-electron chi connectivity index (χ1n) is 7.05. The Morgan fingerprint density at radius 3 is 2.62 bits per heavy atom. The summed E-state index contributed by atoms with van der Waals surface area (Å²) in [6.07, 6.45) is 2.83. The number of nitrogens with two attached hydrogens (primary N) is 1. The lowest BCUT2D eigenvalue weighted by molar-refractivity contribution is 0.663. The quantitative estimate of drug-likeness (QED) is 0.797. The van der Waals surface area contributed by atoms with Crippen LogP contribution in [0.4, 0.5) is 5.82 Å². The third kappa shape index (κ3) is 2.26. The van der Waals surface area contributed by atoms with E-state index in [2.05, 4.69) is 33.5 Å². The highest BCUT2D eigenvalue weighted by molar-refractivity contribution is 5.91. The Bertz CT molecular complexity index is 811. The van der Waals surface area contributed by atoms with Gasteiger partial charge in [0, 0.05) is 31.9 Å². The normalized spacial score (nSPS) is 11.4. The van der Waals surface area contributed by atoms with Gasteiger partial charge in [-0.3, -0.25) is 4.68 Å². The zero-order valence-electron chi connectivity index (χ0n) is 12.9. The van der Waals surface area contributed by atoms with Gasteiger partial charge in [-0.15, -0.1) is 0 Å². The van der Waals surface area contributed by atoms with Crippen molar-refractivity contribution in [3.63, 3.8) is 0 Å². The molecule has 0 atom stereocenters. The molecule has 21 heavy (non-hydrogen) atoms. The van der Waals surface area contributed by atoms with Crippen molar-refractivity contribution >= 4 is 16.9 Å². The van der Waals surface area contributed by atoms with E-state index < -0.39 is 0 Å². The Kier molecular flexibility index (Phi) is 3.16. The molecule has 0 saturated carbocycles. The van der Waals surface area contributed by atoms with Gasteiger partial charge in [0.15, 0.2) is 0 Å². The van der Waals surface area contributed by atoms with E-state index in [1.54, 1.807) is 0 Å². The SMILES string of the molecule is Cc1nc(N)c2c(C)c(C)n(CCc3ccn(C)n3)c2n1. The summed E-state index contributed by atoms with van der Waals surface area (Å²) in [5, 5.41) is 5.39. The molecule has 0 saturated heterocycles. The lowest BCUT2D eigenvalue weighted by Crippen LogP contribution is -2.06. The maximum atomic E-state index is 6.07. The molecular formula is C15H20N6. The summed E-state index contributed by atoms with van der Waals surface area (Å²) in [6.45, 7) is 6.88. The number of aryl methyl sites for hydroxylation is 5. The average Bonchev–Trinajstić information content (AvgIpc) is 2.92. The maximum absolute atomic E-state index is 6.07. The molecule has 3 heterocycles. The minimum absolute atomic E-state index is 0.565. The Morgan fingerprint density at radius 1 is 1.19 bits per heavy atom. The minimum Gasteiger partial charge on any atom is -0.383 e. The van der Waals surface area contributed by atoms with E-state index in [1.807, 2.05) is 30.9 Å². The average molecular weight is 284 g/mol. The molecule has 0 amide bonds. The lowest BCUT2D eigenvalue weighted by atomic mass is 10.2. The fraction of sp³-hybridized carbons (Fsp3) is 0.400. The van der Waals surface area contributed by atoms with E-state index in [-0.39, 0.29) is 0 Å². The number of nitrogen functional groups attached to an aromatic ring is 1. The molecule has 0 fully saturated rings. The van der Waals surface area contributed by atoms with E-state index in [1.165, 1.54) is 5.69 Å². The van der Waals surface area contributed by atoms with Crippen molar-refractivity contribution in [1.29, 1.82) is 0 Å². The molecule has 2 N–H and O–H groups in total. The molecule has 0 unspecified atom stereocenters. The molecule has 0 spiro atoms. The summed E-state index contributed by atoms with van der Waals surface area (Å²) in [7, 11) is 1.93. The topological polar surface area (TPSA) is 74.5 Å². The minimum atomic E-state index is 0.565. The Balaban J connectivity index is 2.03. The molecule has 0 bridgehead atoms. The van der Waals surface area contributed by atoms with Crippen LogP contribution in [0.1, 0.15) is 22.8 Å². The van der Waals surface area contributed by atoms with Crippen LogP contribution in [0.3, 0.4) is 0 Å². The van der Waals surface area contributed by atoms with Gasteiger partial charge in [-0.2, -0.15) is 5.10 Å². The van der Waals surface area contributed by atoms with Gasteiger partial charge in [-0.1, -0.05) is 0 Å². The van der Waals surface area contributed by atoms with Gasteiger partial charge in [0.05, 0.1) is 11.1 Å². The van der Waals surface area contributed by atoms with Crippen molar-refractivity contribution in [2.24, 2.45) is 7.05 Å². The predicted octanol–water partition coefficient (Wildman–Crippen LogP) is 1.91. The number of aromatic nitrogens is 5. The highest BCUT2D eigenvalue weighted by Crippen LogP contribution is 2.27. The Morgan fingerprint density at radius 2 is 1.95 bits per heavy atom. The number of nitrogens with zero attached hydrogens (tertiary/aromatic N) is 5. The zero-order valence-corrected chi connectivity index (χ0v) is 12.9. The monoisotopic (exact) mass is 284 g/mol. The van der Waals surface area contributed by atoms with Gasteiger partial charge >= 0.3 is 0 Å². The highest BCUT2D eigenvalue weighted by atomic mass is 15.2. The van der Waals surface area contributed by atoms with Crippen LogP contribution < -0.4 is 5.73 Å². The molecule has 0 aliphatic carbocycles. The van der Waals surface area contributed by atoms with E-state index in [0.29, 0.717) is 11.6 Å². The van der Waals surface area contributed by atoms with Crippen LogP contribution in [0, 0.1) is 20.8 Å². The molecule has 110 valence electrons. The molecule has 0 aromatic carbocycles. The molecule has 3 aromatic rings. The molecule has 3 rings (SSSR count). The van der Waals surface area contributed by atoms with Gasteiger partial charge in [-0.05, 0) is 32.4 Å². The van der Waals surface area contributed by atoms with E-state index in [0.717, 1.165) is 35.3 Å². The molecule has 0 aliphatic heterocycles. The Labute approximate surface area is 123 Å². The fourth-order valence-corrected chi connectivity index (χ4v) is 2.77. The van der Waals surface area contributed by atoms with E-state index in [4.69, 9.17) is 5.73 Å². The number of fused-ring (bicyclic) bond motifs is 1. The van der Waals surface area contributed by atoms with Gasteiger partial charge in [0.2, 0.25) is 0 Å². The molecule has 6 nitrogen and oxygen atoms in total. The smallest absolute Gasteiger partial charge is 0.146 e. The van der Waals surface area contributed by atoms with Gasteiger partial charge in [0.1, 0.15) is 17.3 Å². The van der Waals surface area contributed by atoms with Gasteiger partial charge in [0.25, 0.3) is 0 Å². The van der Waals surface area contributed by atoms with E-state index >= 15 is 0 Å². The number of hydrogen-bond donors (Lipinski definition) is 1. The summed E-state index contributed by atoms with van der Waals surface area (Å²) < 4.78 is 4.04. The molecular weight excluding hydrogens is 264 g/mol. The first kappa shape index (κ1) is 13.6. The predicted molar refractivity (Wildman–Crippen MR) is 83.1 cm³/mol. The standard InChI is InChI=1S/C15H20N6/c1-9-10(2)21(8-6-12-5-7-20(4)19-12)15-13(9)14(16)17-11(3)18-15/h5,7H,6,8H2,1-4H3,(H2,16,17,18). The Hall–Kier alpha value is -2.37. The third-order valence-corrected chi connectivity index (χ3v) is 3.97. The number of anilines is 1. The van der Waals surface area contributed by atoms with Gasteiger partial charge < -0.3 is 10.3 Å². The van der Waals surface area contributed by atoms with Crippen molar-refractivity contribution in [2.45, 2.75) is 33.7 Å². The molecule has 3 aromatic heterocycles. The number of rotatable bonds is 3. The van der Waals surface area contributed by atoms with Gasteiger partial charge in [-0.25, -0.2) is 9.97 Å². The summed E-state index contributed by atoms with van der Waals surface area (Å²) in [5.74, 6) is 1.27. The highest BCUT2D eigenvalue weighted by Gasteiger charge is 2.16. The number of hydrogen-bond acceptors (Lipinski definition) is 4. The lowest BCUT2D eigenvalue weighted by Gasteiger charge is -2.07. The largest absolute Gasteiger partial charge is 0.383 e. The summed E-state index contributed by atoms with van der Waals surface area (Å²) in [6, 6.07) is 2.04. The fourth-order valence-electron chi connectivity index (χ4n) is 2.77. The third-order valence-electron chi connectivity index (χ3n) is 3.97. The molecule has 0 radical (unpaired) electrons. The van der Waals surface area contributed by atoms with Crippen LogP contribution in [-0.4, -0.2) is 24.3 Å². The van der Waals surface area contributed by atoms with Crippen LogP contribution in [0.2, 0.25) is 0 Å². The maximum Gasteiger partial charge on any atom is 0.146 e. The first-order valence-corrected chi connectivity index (χ1v) is 7.05. The summed E-state index contributed by atoms with van der Waals surface area (Å²) in [4.78, 5) is 8.86.